The Kier molecular flexibility index (Phi) is 3.79. The van der Waals surface area contributed by atoms with Crippen LogP contribution in [0.2, 0.25) is 0 Å². The normalized spacial score (nSPS) is 10.1. The minimum Gasteiger partial charge on any atom is -0.316 e. The van der Waals surface area contributed by atoms with Crippen LogP contribution in [0.25, 0.3) is 0 Å². The van der Waals surface area contributed by atoms with Gasteiger partial charge in [-0.05, 0) is 37.6 Å². The summed E-state index contributed by atoms with van der Waals surface area (Å²) in [6.07, 6.45) is 0. The average molecular weight is 270 g/mol. The molecule has 2 rings (SSSR count). The number of rotatable bonds is 3. The molecule has 0 radical (unpaired) electrons. The van der Waals surface area contributed by atoms with Crippen LogP contribution in [0.1, 0.15) is 21.5 Å². The standard InChI is InChI=1S/C15H14N2O3/c1-10-4-3-5-12(8-10)15(18)16-13-7-6-11(2)9-14(13)17(19)20/h3-9H,1-2H3,(H,16,18). The molecule has 2 aromatic rings. The topological polar surface area (TPSA) is 72.2 Å². The van der Waals surface area contributed by atoms with E-state index in [0.717, 1.165) is 11.1 Å². The van der Waals surface area contributed by atoms with Gasteiger partial charge in [-0.15, -0.1) is 0 Å². The summed E-state index contributed by atoms with van der Waals surface area (Å²) in [5.41, 5.74) is 2.29. The van der Waals surface area contributed by atoms with E-state index in [9.17, 15) is 14.9 Å². The summed E-state index contributed by atoms with van der Waals surface area (Å²) in [5.74, 6) is -0.361. The highest BCUT2D eigenvalue weighted by molar-refractivity contribution is 6.05. The number of aryl methyl sites for hydroxylation is 2. The van der Waals surface area contributed by atoms with E-state index in [4.69, 9.17) is 0 Å². The molecule has 0 saturated carbocycles. The van der Waals surface area contributed by atoms with Gasteiger partial charge < -0.3 is 5.32 Å². The Bertz CT molecular complexity index is 681. The number of nitrogens with one attached hydrogen (secondary N) is 1. The van der Waals surface area contributed by atoms with E-state index in [2.05, 4.69) is 5.32 Å². The second-order valence-corrected chi connectivity index (χ2v) is 4.60. The largest absolute Gasteiger partial charge is 0.316 e. The molecule has 0 aromatic heterocycles. The molecule has 102 valence electrons. The molecule has 0 aliphatic carbocycles. The van der Waals surface area contributed by atoms with Crippen LogP contribution in [0.4, 0.5) is 11.4 Å². The first kappa shape index (κ1) is 13.7. The molecule has 0 aliphatic rings. The van der Waals surface area contributed by atoms with Gasteiger partial charge in [-0.3, -0.25) is 14.9 Å². The van der Waals surface area contributed by atoms with Crippen molar-refractivity contribution in [1.82, 2.24) is 0 Å². The first-order chi connectivity index (χ1) is 9.47. The summed E-state index contributed by atoms with van der Waals surface area (Å²) in [6.45, 7) is 3.64. The third-order valence-corrected chi connectivity index (χ3v) is 2.88. The molecular weight excluding hydrogens is 256 g/mol. The molecule has 0 spiro atoms. The Morgan fingerprint density at radius 2 is 1.80 bits per heavy atom. The zero-order valence-corrected chi connectivity index (χ0v) is 11.2. The number of carbonyl (C=O) groups is 1. The van der Waals surface area contributed by atoms with Crippen LogP contribution >= 0.6 is 0 Å². The van der Waals surface area contributed by atoms with Gasteiger partial charge in [0.1, 0.15) is 5.69 Å². The SMILES string of the molecule is Cc1cccc(C(=O)Nc2ccc(C)cc2[N+](=O)[O-])c1. The Hall–Kier alpha value is -2.69. The summed E-state index contributed by atoms with van der Waals surface area (Å²) in [5, 5.41) is 13.6. The number of nitro groups is 1. The first-order valence-electron chi connectivity index (χ1n) is 6.10. The number of nitrogens with zero attached hydrogens (tertiary/aromatic N) is 1. The zero-order chi connectivity index (χ0) is 14.7. The van der Waals surface area contributed by atoms with Gasteiger partial charge in [0.2, 0.25) is 0 Å². The van der Waals surface area contributed by atoms with Crippen molar-refractivity contribution in [3.05, 3.63) is 69.3 Å². The van der Waals surface area contributed by atoms with E-state index in [1.54, 1.807) is 37.3 Å². The maximum Gasteiger partial charge on any atom is 0.293 e. The average Bonchev–Trinajstić information content (AvgIpc) is 2.40. The van der Waals surface area contributed by atoms with Gasteiger partial charge in [0.05, 0.1) is 4.92 Å². The summed E-state index contributed by atoms with van der Waals surface area (Å²) < 4.78 is 0. The number of hydrogen-bond acceptors (Lipinski definition) is 3. The predicted octanol–water partition coefficient (Wildman–Crippen LogP) is 3.46. The van der Waals surface area contributed by atoms with Crippen molar-refractivity contribution >= 4 is 17.3 Å². The van der Waals surface area contributed by atoms with Crippen molar-refractivity contribution in [2.45, 2.75) is 13.8 Å². The molecule has 5 heteroatoms. The summed E-state index contributed by atoms with van der Waals surface area (Å²) in [7, 11) is 0. The lowest BCUT2D eigenvalue weighted by Crippen LogP contribution is -2.13. The molecule has 1 amide bonds. The van der Waals surface area contributed by atoms with Crippen molar-refractivity contribution < 1.29 is 9.72 Å². The summed E-state index contributed by atoms with van der Waals surface area (Å²) >= 11 is 0. The fourth-order valence-electron chi connectivity index (χ4n) is 1.88. The fourth-order valence-corrected chi connectivity index (χ4v) is 1.88. The fraction of sp³-hybridized carbons (Fsp3) is 0.133. The highest BCUT2D eigenvalue weighted by Gasteiger charge is 2.16. The Labute approximate surface area is 116 Å². The van der Waals surface area contributed by atoms with E-state index in [1.807, 2.05) is 13.0 Å². The lowest BCUT2D eigenvalue weighted by atomic mass is 10.1. The van der Waals surface area contributed by atoms with Crippen molar-refractivity contribution in [2.24, 2.45) is 0 Å². The van der Waals surface area contributed by atoms with Gasteiger partial charge in [-0.1, -0.05) is 23.8 Å². The maximum atomic E-state index is 12.1. The minimum absolute atomic E-state index is 0.106. The highest BCUT2D eigenvalue weighted by Crippen LogP contribution is 2.25. The van der Waals surface area contributed by atoms with Crippen molar-refractivity contribution in [3.8, 4) is 0 Å². The molecule has 0 unspecified atom stereocenters. The number of carbonyl (C=O) groups excluding carboxylic acids is 1. The Morgan fingerprint density at radius 3 is 2.45 bits per heavy atom. The number of benzene rings is 2. The van der Waals surface area contributed by atoms with Gasteiger partial charge in [-0.2, -0.15) is 0 Å². The van der Waals surface area contributed by atoms with Crippen LogP contribution in [0, 0.1) is 24.0 Å². The zero-order valence-electron chi connectivity index (χ0n) is 11.2. The molecule has 5 nitrogen and oxygen atoms in total. The molecule has 1 N–H and O–H groups in total. The van der Waals surface area contributed by atoms with E-state index in [1.165, 1.54) is 6.07 Å². The Balaban J connectivity index is 2.30. The summed E-state index contributed by atoms with van der Waals surface area (Å²) in [6, 6.07) is 11.8. The highest BCUT2D eigenvalue weighted by atomic mass is 16.6. The maximum absolute atomic E-state index is 12.1. The van der Waals surface area contributed by atoms with Crippen molar-refractivity contribution in [3.63, 3.8) is 0 Å². The molecule has 0 aliphatic heterocycles. The number of anilines is 1. The van der Waals surface area contributed by atoms with Crippen LogP contribution in [0.5, 0.6) is 0 Å². The first-order valence-corrected chi connectivity index (χ1v) is 6.10. The Morgan fingerprint density at radius 1 is 1.10 bits per heavy atom. The van der Waals surface area contributed by atoms with Crippen molar-refractivity contribution in [2.75, 3.05) is 5.32 Å². The van der Waals surface area contributed by atoms with Gasteiger partial charge in [0.25, 0.3) is 11.6 Å². The van der Waals surface area contributed by atoms with Crippen LogP contribution in [-0.2, 0) is 0 Å². The second kappa shape index (κ2) is 5.52. The smallest absolute Gasteiger partial charge is 0.293 e. The van der Waals surface area contributed by atoms with E-state index in [0.29, 0.717) is 5.56 Å². The molecular formula is C15H14N2O3. The number of nitro benzene ring substituents is 1. The van der Waals surface area contributed by atoms with Crippen LogP contribution < -0.4 is 5.32 Å². The van der Waals surface area contributed by atoms with E-state index < -0.39 is 4.92 Å². The third kappa shape index (κ3) is 3.00. The van der Waals surface area contributed by atoms with E-state index >= 15 is 0 Å². The van der Waals surface area contributed by atoms with Gasteiger partial charge in [-0.25, -0.2) is 0 Å². The lowest BCUT2D eigenvalue weighted by molar-refractivity contribution is -0.384. The third-order valence-electron chi connectivity index (χ3n) is 2.88. The van der Waals surface area contributed by atoms with Gasteiger partial charge in [0.15, 0.2) is 0 Å². The number of hydrogen-bond donors (Lipinski definition) is 1. The monoisotopic (exact) mass is 270 g/mol. The molecule has 0 bridgehead atoms. The van der Waals surface area contributed by atoms with Crippen molar-refractivity contribution in [1.29, 1.82) is 0 Å². The molecule has 0 fully saturated rings. The summed E-state index contributed by atoms with van der Waals surface area (Å²) in [4.78, 5) is 22.6. The predicted molar refractivity (Wildman–Crippen MR) is 77.0 cm³/mol. The molecule has 0 heterocycles. The van der Waals surface area contributed by atoms with E-state index in [-0.39, 0.29) is 17.3 Å². The lowest BCUT2D eigenvalue weighted by Gasteiger charge is -2.07. The molecule has 0 atom stereocenters. The number of amides is 1. The second-order valence-electron chi connectivity index (χ2n) is 4.60. The van der Waals surface area contributed by atoms with Gasteiger partial charge >= 0.3 is 0 Å². The molecule has 0 saturated heterocycles. The minimum atomic E-state index is -0.501. The molecule has 20 heavy (non-hydrogen) atoms. The quantitative estimate of drug-likeness (QED) is 0.685. The van der Waals surface area contributed by atoms with Crippen LogP contribution in [0.3, 0.4) is 0 Å². The molecule has 2 aromatic carbocycles. The van der Waals surface area contributed by atoms with Crippen LogP contribution in [0.15, 0.2) is 42.5 Å². The van der Waals surface area contributed by atoms with Crippen LogP contribution in [-0.4, -0.2) is 10.8 Å². The van der Waals surface area contributed by atoms with Gasteiger partial charge in [0, 0.05) is 11.6 Å².